The van der Waals surface area contributed by atoms with Gasteiger partial charge in [-0.3, -0.25) is 4.79 Å². The molecule has 0 aliphatic carbocycles. The monoisotopic (exact) mass is 325 g/mol. The molecular weight excluding hydrogens is 310 g/mol. The molecule has 1 aliphatic rings. The lowest BCUT2D eigenvalue weighted by Crippen LogP contribution is -2.41. The standard InChI is InChI=1S/C14H16ClN3O2S/c1-2-16-10-6-20-5-8(10)14(19)18-12-9(15)3-4-11-13(12)17-7-21-11/h3-4,7-8,10,16H,2,5-6H2,1H3,(H,18,19). The molecule has 7 heteroatoms. The number of benzene rings is 1. The lowest BCUT2D eigenvalue weighted by atomic mass is 10.0. The number of carbonyl (C=O) groups is 1. The summed E-state index contributed by atoms with van der Waals surface area (Å²) in [5, 5.41) is 6.70. The number of aromatic nitrogens is 1. The molecule has 1 fully saturated rings. The Bertz CT molecular complexity index is 661. The Morgan fingerprint density at radius 2 is 2.38 bits per heavy atom. The highest BCUT2D eigenvalue weighted by Crippen LogP contribution is 2.33. The fourth-order valence-electron chi connectivity index (χ4n) is 2.52. The molecule has 3 rings (SSSR count). The zero-order chi connectivity index (χ0) is 14.8. The van der Waals surface area contributed by atoms with Gasteiger partial charge in [0.05, 0.1) is 40.1 Å². The summed E-state index contributed by atoms with van der Waals surface area (Å²) in [6.45, 7) is 3.80. The van der Waals surface area contributed by atoms with Crippen LogP contribution in [0.4, 0.5) is 5.69 Å². The van der Waals surface area contributed by atoms with Crippen molar-refractivity contribution in [2.75, 3.05) is 25.1 Å². The van der Waals surface area contributed by atoms with Crippen molar-refractivity contribution in [1.29, 1.82) is 0 Å². The maximum Gasteiger partial charge on any atom is 0.231 e. The second-order valence-corrected chi connectivity index (χ2v) is 6.21. The Hall–Kier alpha value is -1.21. The Kier molecular flexibility index (Phi) is 4.40. The average molecular weight is 326 g/mol. The zero-order valence-electron chi connectivity index (χ0n) is 11.6. The van der Waals surface area contributed by atoms with Gasteiger partial charge in [-0.25, -0.2) is 4.98 Å². The first-order valence-electron chi connectivity index (χ1n) is 6.84. The Labute approximate surface area is 131 Å². The van der Waals surface area contributed by atoms with Crippen LogP contribution in [-0.4, -0.2) is 36.7 Å². The van der Waals surface area contributed by atoms with Crippen molar-refractivity contribution in [3.63, 3.8) is 0 Å². The van der Waals surface area contributed by atoms with Gasteiger partial charge < -0.3 is 15.4 Å². The van der Waals surface area contributed by atoms with Crippen molar-refractivity contribution in [2.24, 2.45) is 5.92 Å². The highest BCUT2D eigenvalue weighted by Gasteiger charge is 2.34. The fourth-order valence-corrected chi connectivity index (χ4v) is 3.40. The summed E-state index contributed by atoms with van der Waals surface area (Å²) in [4.78, 5) is 16.8. The second-order valence-electron chi connectivity index (χ2n) is 4.92. The first-order chi connectivity index (χ1) is 10.2. The molecule has 2 aromatic rings. The van der Waals surface area contributed by atoms with Crippen LogP contribution in [0.5, 0.6) is 0 Å². The quantitative estimate of drug-likeness (QED) is 0.906. The van der Waals surface area contributed by atoms with Gasteiger partial charge in [0.15, 0.2) is 0 Å². The molecule has 2 heterocycles. The minimum Gasteiger partial charge on any atom is -0.379 e. The number of rotatable bonds is 4. The van der Waals surface area contributed by atoms with Crippen LogP contribution in [0.1, 0.15) is 6.92 Å². The van der Waals surface area contributed by atoms with Crippen LogP contribution in [0.2, 0.25) is 5.02 Å². The number of anilines is 1. The van der Waals surface area contributed by atoms with E-state index in [9.17, 15) is 4.79 Å². The third kappa shape index (κ3) is 2.89. The number of nitrogens with one attached hydrogen (secondary N) is 2. The van der Waals surface area contributed by atoms with E-state index < -0.39 is 0 Å². The summed E-state index contributed by atoms with van der Waals surface area (Å²) < 4.78 is 6.41. The summed E-state index contributed by atoms with van der Waals surface area (Å²) in [6.07, 6.45) is 0. The molecule has 1 aliphatic heterocycles. The van der Waals surface area contributed by atoms with Crippen molar-refractivity contribution < 1.29 is 9.53 Å². The maximum absolute atomic E-state index is 12.5. The van der Waals surface area contributed by atoms with E-state index >= 15 is 0 Å². The zero-order valence-corrected chi connectivity index (χ0v) is 13.1. The molecule has 2 N–H and O–H groups in total. The highest BCUT2D eigenvalue weighted by atomic mass is 35.5. The van der Waals surface area contributed by atoms with Crippen LogP contribution in [0.25, 0.3) is 10.2 Å². The number of fused-ring (bicyclic) bond motifs is 1. The van der Waals surface area contributed by atoms with E-state index in [2.05, 4.69) is 15.6 Å². The highest BCUT2D eigenvalue weighted by molar-refractivity contribution is 7.16. The number of halogens is 1. The molecule has 21 heavy (non-hydrogen) atoms. The summed E-state index contributed by atoms with van der Waals surface area (Å²) in [5.74, 6) is -0.296. The number of thiazole rings is 1. The van der Waals surface area contributed by atoms with E-state index in [0.29, 0.717) is 23.9 Å². The number of hydrogen-bond acceptors (Lipinski definition) is 5. The maximum atomic E-state index is 12.5. The first kappa shape index (κ1) is 14.7. The predicted octanol–water partition coefficient (Wildman–Crippen LogP) is 2.51. The number of nitrogens with zero attached hydrogens (tertiary/aromatic N) is 1. The van der Waals surface area contributed by atoms with Gasteiger partial charge in [0.2, 0.25) is 5.91 Å². The van der Waals surface area contributed by atoms with Gasteiger partial charge in [-0.2, -0.15) is 0 Å². The van der Waals surface area contributed by atoms with Gasteiger partial charge in [-0.15, -0.1) is 11.3 Å². The van der Waals surface area contributed by atoms with E-state index in [4.69, 9.17) is 16.3 Å². The van der Waals surface area contributed by atoms with Gasteiger partial charge >= 0.3 is 0 Å². The lowest BCUT2D eigenvalue weighted by Gasteiger charge is -2.18. The lowest BCUT2D eigenvalue weighted by molar-refractivity contribution is -0.120. The Morgan fingerprint density at radius 1 is 1.52 bits per heavy atom. The van der Waals surface area contributed by atoms with E-state index in [1.807, 2.05) is 13.0 Å². The van der Waals surface area contributed by atoms with Crippen molar-refractivity contribution in [3.05, 3.63) is 22.7 Å². The Balaban J connectivity index is 1.83. The van der Waals surface area contributed by atoms with Gasteiger partial charge in [-0.05, 0) is 18.7 Å². The topological polar surface area (TPSA) is 63.2 Å². The SMILES string of the molecule is CCNC1COCC1C(=O)Nc1c(Cl)ccc2scnc12. The third-order valence-electron chi connectivity index (χ3n) is 3.58. The number of amides is 1. The van der Waals surface area contributed by atoms with Crippen LogP contribution in [0.15, 0.2) is 17.6 Å². The number of ether oxygens (including phenoxy) is 1. The molecule has 1 saturated heterocycles. The smallest absolute Gasteiger partial charge is 0.231 e. The predicted molar refractivity (Wildman–Crippen MR) is 85.0 cm³/mol. The summed E-state index contributed by atoms with van der Waals surface area (Å²) in [7, 11) is 0. The van der Waals surface area contributed by atoms with E-state index in [1.54, 1.807) is 11.6 Å². The van der Waals surface area contributed by atoms with Crippen LogP contribution in [0.3, 0.4) is 0 Å². The molecule has 1 amide bonds. The molecule has 1 aromatic carbocycles. The van der Waals surface area contributed by atoms with Crippen molar-refractivity contribution in [2.45, 2.75) is 13.0 Å². The molecule has 0 bridgehead atoms. The van der Waals surface area contributed by atoms with E-state index in [0.717, 1.165) is 16.8 Å². The van der Waals surface area contributed by atoms with Gasteiger partial charge in [0.1, 0.15) is 5.52 Å². The molecule has 0 spiro atoms. The molecule has 1 aromatic heterocycles. The minimum absolute atomic E-state index is 0.0448. The largest absolute Gasteiger partial charge is 0.379 e. The van der Waals surface area contributed by atoms with Crippen LogP contribution < -0.4 is 10.6 Å². The second kappa shape index (κ2) is 6.27. The van der Waals surface area contributed by atoms with Gasteiger partial charge in [0.25, 0.3) is 0 Å². The first-order valence-corrected chi connectivity index (χ1v) is 8.10. The molecule has 0 saturated carbocycles. The summed E-state index contributed by atoms with van der Waals surface area (Å²) in [6, 6.07) is 3.74. The van der Waals surface area contributed by atoms with E-state index in [1.165, 1.54) is 11.3 Å². The number of likely N-dealkylation sites (N-methyl/N-ethyl adjacent to an activating group) is 1. The van der Waals surface area contributed by atoms with Crippen LogP contribution >= 0.6 is 22.9 Å². The van der Waals surface area contributed by atoms with Crippen LogP contribution in [-0.2, 0) is 9.53 Å². The van der Waals surface area contributed by atoms with Crippen molar-refractivity contribution >= 4 is 44.7 Å². The molecule has 112 valence electrons. The van der Waals surface area contributed by atoms with Crippen molar-refractivity contribution in [3.8, 4) is 0 Å². The molecule has 5 nitrogen and oxygen atoms in total. The van der Waals surface area contributed by atoms with Gasteiger partial charge in [-0.1, -0.05) is 18.5 Å². The van der Waals surface area contributed by atoms with Crippen LogP contribution in [0, 0.1) is 5.92 Å². The Morgan fingerprint density at radius 3 is 3.19 bits per heavy atom. The average Bonchev–Trinajstić information content (AvgIpc) is 3.11. The molecular formula is C14H16ClN3O2S. The molecule has 0 radical (unpaired) electrons. The molecule has 2 unspecified atom stereocenters. The van der Waals surface area contributed by atoms with E-state index in [-0.39, 0.29) is 17.9 Å². The van der Waals surface area contributed by atoms with Crippen molar-refractivity contribution in [1.82, 2.24) is 10.3 Å². The summed E-state index contributed by atoms with van der Waals surface area (Å²) >= 11 is 7.73. The third-order valence-corrected chi connectivity index (χ3v) is 4.69. The normalized spacial score (nSPS) is 21.8. The number of hydrogen-bond donors (Lipinski definition) is 2. The van der Waals surface area contributed by atoms with Gasteiger partial charge in [0, 0.05) is 6.04 Å². The fraction of sp³-hybridized carbons (Fsp3) is 0.429. The summed E-state index contributed by atoms with van der Waals surface area (Å²) in [5.41, 5.74) is 3.07. The minimum atomic E-state index is -0.213. The number of carbonyl (C=O) groups excluding carboxylic acids is 1. The molecule has 2 atom stereocenters.